The SMILES string of the molecule is O=S(=O)(CC1CCN1)Nc1cccc(Cl)c1. The number of hydrogen-bond donors (Lipinski definition) is 2. The Bertz CT molecular complexity index is 471. The van der Waals surface area contributed by atoms with E-state index in [1.165, 1.54) is 0 Å². The van der Waals surface area contributed by atoms with E-state index in [9.17, 15) is 8.42 Å². The summed E-state index contributed by atoms with van der Waals surface area (Å²) in [5.41, 5.74) is 0.506. The predicted molar refractivity (Wildman–Crippen MR) is 65.3 cm³/mol. The molecule has 0 bridgehead atoms. The maximum absolute atomic E-state index is 11.7. The highest BCUT2D eigenvalue weighted by Crippen LogP contribution is 2.17. The standard InChI is InChI=1S/C10H13ClN2O2S/c11-8-2-1-3-9(6-8)13-16(14,15)7-10-4-5-12-10/h1-3,6,10,12-13H,4-5,7H2. The molecular weight excluding hydrogens is 248 g/mol. The summed E-state index contributed by atoms with van der Waals surface area (Å²) in [6.07, 6.45) is 0.913. The van der Waals surface area contributed by atoms with Crippen LogP contribution in [0.2, 0.25) is 5.02 Å². The van der Waals surface area contributed by atoms with Gasteiger partial charge in [-0.2, -0.15) is 0 Å². The van der Waals surface area contributed by atoms with Gasteiger partial charge in [0.1, 0.15) is 0 Å². The van der Waals surface area contributed by atoms with Gasteiger partial charge >= 0.3 is 0 Å². The van der Waals surface area contributed by atoms with E-state index in [0.717, 1.165) is 13.0 Å². The highest BCUT2D eigenvalue weighted by molar-refractivity contribution is 7.92. The van der Waals surface area contributed by atoms with E-state index in [0.29, 0.717) is 10.7 Å². The Hall–Kier alpha value is -0.780. The smallest absolute Gasteiger partial charge is 0.234 e. The van der Waals surface area contributed by atoms with Crippen LogP contribution in [0.5, 0.6) is 0 Å². The molecule has 0 aromatic heterocycles. The van der Waals surface area contributed by atoms with Gasteiger partial charge in [0.25, 0.3) is 0 Å². The van der Waals surface area contributed by atoms with E-state index in [4.69, 9.17) is 11.6 Å². The van der Waals surface area contributed by atoms with E-state index in [2.05, 4.69) is 10.0 Å². The lowest BCUT2D eigenvalue weighted by Crippen LogP contribution is -2.48. The number of halogens is 1. The molecule has 1 aromatic carbocycles. The molecule has 2 rings (SSSR count). The molecule has 1 saturated heterocycles. The van der Waals surface area contributed by atoms with Crippen molar-refractivity contribution in [2.45, 2.75) is 12.5 Å². The van der Waals surface area contributed by atoms with Gasteiger partial charge in [0.2, 0.25) is 10.0 Å². The molecule has 1 unspecified atom stereocenters. The van der Waals surface area contributed by atoms with Crippen LogP contribution in [-0.2, 0) is 10.0 Å². The zero-order chi connectivity index (χ0) is 11.6. The Balaban J connectivity index is 2.02. The van der Waals surface area contributed by atoms with Crippen molar-refractivity contribution in [1.29, 1.82) is 0 Å². The highest BCUT2D eigenvalue weighted by atomic mass is 35.5. The number of rotatable bonds is 4. The summed E-state index contributed by atoms with van der Waals surface area (Å²) in [7, 11) is -3.28. The van der Waals surface area contributed by atoms with Gasteiger partial charge in [-0.3, -0.25) is 4.72 Å². The molecule has 0 spiro atoms. The quantitative estimate of drug-likeness (QED) is 0.861. The zero-order valence-electron chi connectivity index (χ0n) is 8.61. The summed E-state index contributed by atoms with van der Waals surface area (Å²) in [5.74, 6) is 0.111. The average molecular weight is 261 g/mol. The lowest BCUT2D eigenvalue weighted by atomic mass is 10.1. The van der Waals surface area contributed by atoms with E-state index < -0.39 is 10.0 Å². The van der Waals surface area contributed by atoms with Crippen molar-refractivity contribution in [3.63, 3.8) is 0 Å². The molecule has 1 atom stereocenters. The molecule has 0 aliphatic carbocycles. The minimum absolute atomic E-state index is 0.0803. The summed E-state index contributed by atoms with van der Waals surface area (Å²) < 4.78 is 25.9. The minimum Gasteiger partial charge on any atom is -0.313 e. The third kappa shape index (κ3) is 3.10. The van der Waals surface area contributed by atoms with E-state index >= 15 is 0 Å². The fourth-order valence-corrected chi connectivity index (χ4v) is 3.10. The first kappa shape index (κ1) is 11.7. The van der Waals surface area contributed by atoms with Crippen LogP contribution in [0.4, 0.5) is 5.69 Å². The van der Waals surface area contributed by atoms with Crippen LogP contribution in [-0.4, -0.2) is 26.8 Å². The summed E-state index contributed by atoms with van der Waals surface area (Å²) in [6, 6.07) is 6.76. The maximum atomic E-state index is 11.7. The van der Waals surface area contributed by atoms with Crippen LogP contribution in [0.25, 0.3) is 0 Å². The number of sulfonamides is 1. The second kappa shape index (κ2) is 4.61. The van der Waals surface area contributed by atoms with Crippen LogP contribution in [0, 0.1) is 0 Å². The van der Waals surface area contributed by atoms with Crippen LogP contribution < -0.4 is 10.0 Å². The van der Waals surface area contributed by atoms with Crippen molar-refractivity contribution in [3.05, 3.63) is 29.3 Å². The summed E-state index contributed by atoms with van der Waals surface area (Å²) in [4.78, 5) is 0. The van der Waals surface area contributed by atoms with Crippen molar-refractivity contribution in [3.8, 4) is 0 Å². The predicted octanol–water partition coefficient (Wildman–Crippen LogP) is 1.44. The van der Waals surface area contributed by atoms with Crippen molar-refractivity contribution >= 4 is 27.3 Å². The van der Waals surface area contributed by atoms with Gasteiger partial charge < -0.3 is 5.32 Å². The van der Waals surface area contributed by atoms with Gasteiger partial charge in [-0.25, -0.2) is 8.42 Å². The Morgan fingerprint density at radius 3 is 2.81 bits per heavy atom. The van der Waals surface area contributed by atoms with E-state index in [1.54, 1.807) is 24.3 Å². The van der Waals surface area contributed by atoms with E-state index in [-0.39, 0.29) is 11.8 Å². The lowest BCUT2D eigenvalue weighted by Gasteiger charge is -2.27. The molecule has 0 saturated carbocycles. The molecule has 1 aliphatic heterocycles. The molecule has 1 aromatic rings. The average Bonchev–Trinajstić information content (AvgIpc) is 2.11. The highest BCUT2D eigenvalue weighted by Gasteiger charge is 2.23. The van der Waals surface area contributed by atoms with Gasteiger partial charge in [0.15, 0.2) is 0 Å². The topological polar surface area (TPSA) is 58.2 Å². The Morgan fingerprint density at radius 1 is 1.50 bits per heavy atom. The first-order chi connectivity index (χ1) is 7.55. The number of anilines is 1. The van der Waals surface area contributed by atoms with Crippen molar-refractivity contribution < 1.29 is 8.42 Å². The zero-order valence-corrected chi connectivity index (χ0v) is 10.2. The Labute approximate surface area is 100 Å². The lowest BCUT2D eigenvalue weighted by molar-refractivity contribution is 0.399. The maximum Gasteiger partial charge on any atom is 0.234 e. The van der Waals surface area contributed by atoms with Gasteiger partial charge in [-0.1, -0.05) is 17.7 Å². The van der Waals surface area contributed by atoms with Gasteiger partial charge in [0, 0.05) is 16.8 Å². The monoisotopic (exact) mass is 260 g/mol. The van der Waals surface area contributed by atoms with Crippen LogP contribution in [0.1, 0.15) is 6.42 Å². The van der Waals surface area contributed by atoms with Crippen molar-refractivity contribution in [2.75, 3.05) is 17.0 Å². The fraction of sp³-hybridized carbons (Fsp3) is 0.400. The second-order valence-electron chi connectivity index (χ2n) is 3.83. The van der Waals surface area contributed by atoms with Crippen molar-refractivity contribution in [1.82, 2.24) is 5.32 Å². The molecule has 1 fully saturated rings. The first-order valence-electron chi connectivity index (χ1n) is 5.05. The number of benzene rings is 1. The van der Waals surface area contributed by atoms with Gasteiger partial charge in [-0.05, 0) is 31.2 Å². The molecular formula is C10H13ClN2O2S. The molecule has 16 heavy (non-hydrogen) atoms. The molecule has 6 heteroatoms. The minimum atomic E-state index is -3.28. The van der Waals surface area contributed by atoms with E-state index in [1.807, 2.05) is 0 Å². The fourth-order valence-electron chi connectivity index (χ4n) is 1.53. The molecule has 0 amide bonds. The second-order valence-corrected chi connectivity index (χ2v) is 6.04. The van der Waals surface area contributed by atoms with Crippen molar-refractivity contribution in [2.24, 2.45) is 0 Å². The molecule has 1 aliphatic rings. The van der Waals surface area contributed by atoms with Crippen LogP contribution >= 0.6 is 11.6 Å². The number of hydrogen-bond acceptors (Lipinski definition) is 3. The summed E-state index contributed by atoms with van der Waals surface area (Å²) in [5, 5.41) is 3.57. The first-order valence-corrected chi connectivity index (χ1v) is 7.08. The Morgan fingerprint density at radius 2 is 2.25 bits per heavy atom. The van der Waals surface area contributed by atoms with Crippen LogP contribution in [0.3, 0.4) is 0 Å². The number of nitrogens with one attached hydrogen (secondary N) is 2. The molecule has 1 heterocycles. The summed E-state index contributed by atoms with van der Waals surface area (Å²) >= 11 is 5.77. The Kier molecular flexibility index (Phi) is 3.37. The third-order valence-corrected chi connectivity index (χ3v) is 4.07. The molecule has 88 valence electrons. The van der Waals surface area contributed by atoms with Gasteiger partial charge in [0.05, 0.1) is 5.75 Å². The normalized spacial score (nSPS) is 20.2. The third-order valence-electron chi connectivity index (χ3n) is 2.44. The molecule has 2 N–H and O–H groups in total. The largest absolute Gasteiger partial charge is 0.313 e. The molecule has 0 radical (unpaired) electrons. The van der Waals surface area contributed by atoms with Gasteiger partial charge in [-0.15, -0.1) is 0 Å². The summed E-state index contributed by atoms with van der Waals surface area (Å²) in [6.45, 7) is 0.900. The molecule has 4 nitrogen and oxygen atoms in total. The van der Waals surface area contributed by atoms with Crippen LogP contribution in [0.15, 0.2) is 24.3 Å².